The molecule has 2 heterocycles. The van der Waals surface area contributed by atoms with Gasteiger partial charge < -0.3 is 14.2 Å². The summed E-state index contributed by atoms with van der Waals surface area (Å²) in [6.07, 6.45) is 1.89. The molecular formula is C24H23FN4O3. The number of ether oxygens (including phenoxy) is 3. The van der Waals surface area contributed by atoms with E-state index in [0.717, 1.165) is 18.4 Å². The summed E-state index contributed by atoms with van der Waals surface area (Å²) >= 11 is 0. The van der Waals surface area contributed by atoms with Gasteiger partial charge in [0.05, 0.1) is 31.0 Å². The van der Waals surface area contributed by atoms with E-state index in [1.54, 1.807) is 25.3 Å². The van der Waals surface area contributed by atoms with Crippen LogP contribution in [0.15, 0.2) is 42.5 Å². The number of fused-ring (bicyclic) bond motifs is 1. The standard InChI is InChI=1S/C24H23FN4O3/c1-3-4-11-31-19-12-15(7-10-18(19)30-2)20-17(13-26)23(27)32-24-21(20)22(28-29-24)14-5-8-16(25)9-6-14/h5-10,12,17,20,27H,3-4,11H2,1-2H3,(H,28,29). The minimum atomic E-state index is -0.865. The topological polar surface area (TPSA) is 104 Å². The number of hydrogen-bond acceptors (Lipinski definition) is 6. The largest absolute Gasteiger partial charge is 0.493 e. The normalized spacial score (nSPS) is 17.2. The molecule has 0 aliphatic carbocycles. The Kier molecular flexibility index (Phi) is 6.08. The molecule has 2 unspecified atom stereocenters. The minimum Gasteiger partial charge on any atom is -0.493 e. The highest BCUT2D eigenvalue weighted by atomic mass is 19.1. The molecular weight excluding hydrogens is 411 g/mol. The van der Waals surface area contributed by atoms with Gasteiger partial charge in [-0.05, 0) is 48.4 Å². The molecule has 32 heavy (non-hydrogen) atoms. The lowest BCUT2D eigenvalue weighted by atomic mass is 9.78. The Bertz CT molecular complexity index is 1170. The lowest BCUT2D eigenvalue weighted by molar-refractivity contribution is 0.287. The van der Waals surface area contributed by atoms with Gasteiger partial charge in [-0.25, -0.2) is 4.39 Å². The number of rotatable bonds is 7. The molecule has 0 saturated heterocycles. The van der Waals surface area contributed by atoms with Crippen LogP contribution in [0, 0.1) is 28.5 Å². The van der Waals surface area contributed by atoms with Gasteiger partial charge in [0.15, 0.2) is 11.5 Å². The lowest BCUT2D eigenvalue weighted by Crippen LogP contribution is -2.30. The number of nitriles is 1. The number of nitrogens with one attached hydrogen (secondary N) is 2. The van der Waals surface area contributed by atoms with Crippen LogP contribution in [-0.4, -0.2) is 29.8 Å². The van der Waals surface area contributed by atoms with E-state index in [0.29, 0.717) is 34.9 Å². The monoisotopic (exact) mass is 434 g/mol. The average molecular weight is 434 g/mol. The Morgan fingerprint density at radius 2 is 2.00 bits per heavy atom. The summed E-state index contributed by atoms with van der Waals surface area (Å²) in [4.78, 5) is 0. The predicted octanol–water partition coefficient (Wildman–Crippen LogP) is 5.04. The molecule has 164 valence electrons. The maximum absolute atomic E-state index is 13.5. The van der Waals surface area contributed by atoms with Crippen molar-refractivity contribution in [1.29, 1.82) is 10.7 Å². The molecule has 2 aromatic carbocycles. The number of hydrogen-bond donors (Lipinski definition) is 2. The fourth-order valence-electron chi connectivity index (χ4n) is 3.84. The molecule has 0 radical (unpaired) electrons. The molecule has 0 amide bonds. The first-order chi connectivity index (χ1) is 15.6. The van der Waals surface area contributed by atoms with Crippen molar-refractivity contribution in [1.82, 2.24) is 10.2 Å². The quantitative estimate of drug-likeness (QED) is 0.507. The zero-order chi connectivity index (χ0) is 22.7. The van der Waals surface area contributed by atoms with Crippen molar-refractivity contribution in [2.75, 3.05) is 13.7 Å². The highest BCUT2D eigenvalue weighted by Crippen LogP contribution is 2.47. The van der Waals surface area contributed by atoms with Crippen molar-refractivity contribution in [2.24, 2.45) is 5.92 Å². The van der Waals surface area contributed by atoms with Gasteiger partial charge in [0.1, 0.15) is 11.7 Å². The molecule has 1 aliphatic rings. The highest BCUT2D eigenvalue weighted by molar-refractivity contribution is 5.86. The molecule has 7 nitrogen and oxygen atoms in total. The Morgan fingerprint density at radius 3 is 2.69 bits per heavy atom. The number of benzene rings is 2. The van der Waals surface area contributed by atoms with Crippen LogP contribution >= 0.6 is 0 Å². The van der Waals surface area contributed by atoms with E-state index < -0.39 is 11.8 Å². The van der Waals surface area contributed by atoms with E-state index in [1.165, 1.54) is 12.1 Å². The minimum absolute atomic E-state index is 0.175. The van der Waals surface area contributed by atoms with Gasteiger partial charge in [-0.15, -0.1) is 5.10 Å². The zero-order valence-electron chi connectivity index (χ0n) is 17.8. The molecule has 2 N–H and O–H groups in total. The molecule has 1 aliphatic heterocycles. The molecule has 1 aromatic heterocycles. The predicted molar refractivity (Wildman–Crippen MR) is 117 cm³/mol. The van der Waals surface area contributed by atoms with Crippen LogP contribution in [0.1, 0.15) is 36.8 Å². The van der Waals surface area contributed by atoms with E-state index in [9.17, 15) is 9.65 Å². The highest BCUT2D eigenvalue weighted by Gasteiger charge is 2.41. The first-order valence-electron chi connectivity index (χ1n) is 10.4. The summed E-state index contributed by atoms with van der Waals surface area (Å²) in [5.74, 6) is -0.531. The van der Waals surface area contributed by atoms with Gasteiger partial charge in [-0.3, -0.25) is 10.5 Å². The van der Waals surface area contributed by atoms with Crippen molar-refractivity contribution < 1.29 is 18.6 Å². The molecule has 0 bridgehead atoms. The molecule has 3 aromatic rings. The van der Waals surface area contributed by atoms with E-state index in [-0.39, 0.29) is 17.6 Å². The Hall–Kier alpha value is -3.86. The third kappa shape index (κ3) is 3.89. The fraction of sp³-hybridized carbons (Fsp3) is 0.292. The summed E-state index contributed by atoms with van der Waals surface area (Å²) in [6.45, 7) is 2.62. The van der Waals surface area contributed by atoms with Crippen LogP contribution in [0.2, 0.25) is 0 Å². The number of halogens is 1. The van der Waals surface area contributed by atoms with Crippen LogP contribution in [0.4, 0.5) is 4.39 Å². The maximum Gasteiger partial charge on any atom is 0.244 e. The number of aromatic amines is 1. The average Bonchev–Trinajstić information content (AvgIpc) is 3.22. The van der Waals surface area contributed by atoms with Crippen LogP contribution in [-0.2, 0) is 0 Å². The Labute approximate surface area is 185 Å². The van der Waals surface area contributed by atoms with E-state index in [1.807, 2.05) is 12.1 Å². The van der Waals surface area contributed by atoms with Crippen LogP contribution in [0.5, 0.6) is 17.4 Å². The van der Waals surface area contributed by atoms with Gasteiger partial charge >= 0.3 is 0 Å². The number of nitrogens with zero attached hydrogens (tertiary/aromatic N) is 2. The molecule has 4 rings (SSSR count). The summed E-state index contributed by atoms with van der Waals surface area (Å²) in [7, 11) is 1.57. The summed E-state index contributed by atoms with van der Waals surface area (Å²) in [5.41, 5.74) is 2.72. The second-order valence-electron chi connectivity index (χ2n) is 7.49. The molecule has 0 spiro atoms. The van der Waals surface area contributed by atoms with Crippen LogP contribution in [0.3, 0.4) is 0 Å². The zero-order valence-corrected chi connectivity index (χ0v) is 17.8. The SMILES string of the molecule is CCCCOc1cc(C2c3c(n[nH]c3-c3ccc(F)cc3)OC(=N)C2C#N)ccc1OC. The van der Waals surface area contributed by atoms with Crippen LogP contribution in [0.25, 0.3) is 11.3 Å². The van der Waals surface area contributed by atoms with Crippen molar-refractivity contribution in [3.63, 3.8) is 0 Å². The van der Waals surface area contributed by atoms with Gasteiger partial charge in [0.25, 0.3) is 0 Å². The van der Waals surface area contributed by atoms with E-state index in [4.69, 9.17) is 19.6 Å². The first kappa shape index (κ1) is 21.4. The van der Waals surface area contributed by atoms with E-state index >= 15 is 0 Å². The third-order valence-corrected chi connectivity index (χ3v) is 5.48. The van der Waals surface area contributed by atoms with Gasteiger partial charge in [0, 0.05) is 11.5 Å². The molecule has 0 fully saturated rings. The number of methoxy groups -OCH3 is 1. The number of aromatic nitrogens is 2. The summed E-state index contributed by atoms with van der Waals surface area (Å²) < 4.78 is 30.4. The third-order valence-electron chi connectivity index (χ3n) is 5.48. The molecule has 8 heteroatoms. The first-order valence-corrected chi connectivity index (χ1v) is 10.4. The number of H-pyrrole nitrogens is 1. The van der Waals surface area contributed by atoms with Crippen molar-refractivity contribution in [2.45, 2.75) is 25.7 Å². The van der Waals surface area contributed by atoms with Gasteiger partial charge in [-0.1, -0.05) is 19.4 Å². The molecule has 2 atom stereocenters. The van der Waals surface area contributed by atoms with Crippen LogP contribution < -0.4 is 14.2 Å². The Morgan fingerprint density at radius 1 is 1.22 bits per heavy atom. The van der Waals surface area contributed by atoms with Crippen molar-refractivity contribution >= 4 is 5.90 Å². The summed E-state index contributed by atoms with van der Waals surface area (Å²) in [5, 5.41) is 25.3. The van der Waals surface area contributed by atoms with Crippen molar-refractivity contribution in [3.8, 4) is 34.7 Å². The van der Waals surface area contributed by atoms with Gasteiger partial charge in [-0.2, -0.15) is 5.26 Å². The van der Waals surface area contributed by atoms with E-state index in [2.05, 4.69) is 23.2 Å². The second kappa shape index (κ2) is 9.10. The van der Waals surface area contributed by atoms with Crippen molar-refractivity contribution in [3.05, 3.63) is 59.4 Å². The number of unbranched alkanes of at least 4 members (excludes halogenated alkanes) is 1. The fourth-order valence-corrected chi connectivity index (χ4v) is 3.84. The summed E-state index contributed by atoms with van der Waals surface area (Å²) in [6, 6.07) is 13.7. The second-order valence-corrected chi connectivity index (χ2v) is 7.49. The maximum atomic E-state index is 13.5. The smallest absolute Gasteiger partial charge is 0.244 e. The Balaban J connectivity index is 1.84. The lowest BCUT2D eigenvalue weighted by Gasteiger charge is -2.28. The van der Waals surface area contributed by atoms with Gasteiger partial charge in [0.2, 0.25) is 11.8 Å². The molecule has 0 saturated carbocycles.